The molecule has 0 spiro atoms. The van der Waals surface area contributed by atoms with Crippen molar-refractivity contribution < 1.29 is 4.92 Å². The molecule has 0 bridgehead atoms. The van der Waals surface area contributed by atoms with Gasteiger partial charge in [0.05, 0.1) is 4.92 Å². The van der Waals surface area contributed by atoms with Gasteiger partial charge in [0.15, 0.2) is 5.57 Å². The highest BCUT2D eigenvalue weighted by Crippen LogP contribution is 2.36. The molecule has 0 aliphatic rings. The van der Waals surface area contributed by atoms with Gasteiger partial charge in [0.1, 0.15) is 29.6 Å². The molecule has 0 fully saturated rings. The van der Waals surface area contributed by atoms with E-state index in [-0.39, 0.29) is 17.1 Å². The van der Waals surface area contributed by atoms with Gasteiger partial charge in [0, 0.05) is 10.5 Å². The monoisotopic (exact) mass is 345 g/mol. The van der Waals surface area contributed by atoms with Crippen molar-refractivity contribution in [1.82, 2.24) is 0 Å². The summed E-state index contributed by atoms with van der Waals surface area (Å²) < 4.78 is 0.556. The van der Waals surface area contributed by atoms with Crippen molar-refractivity contribution in [3.05, 3.63) is 43.1 Å². The molecule has 0 saturated carbocycles. The quantitative estimate of drug-likeness (QED) is 0.509. The highest BCUT2D eigenvalue weighted by Gasteiger charge is 2.21. The van der Waals surface area contributed by atoms with Crippen LogP contribution in [0.3, 0.4) is 0 Å². The highest BCUT2D eigenvalue weighted by atomic mass is 79.9. The molecular weight excluding hydrogens is 338 g/mol. The van der Waals surface area contributed by atoms with Gasteiger partial charge in [-0.3, -0.25) is 10.1 Å². The van der Waals surface area contributed by atoms with E-state index in [0.717, 1.165) is 5.56 Å². The van der Waals surface area contributed by atoms with Gasteiger partial charge >= 0.3 is 0 Å². The Bertz CT molecular complexity index is 762. The van der Waals surface area contributed by atoms with E-state index in [1.807, 2.05) is 0 Å². The normalized spacial score (nSPS) is 8.95. The maximum atomic E-state index is 11.1. The number of halogens is 1. The molecule has 1 N–H and O–H groups in total. The molecule has 1 aromatic rings. The number of hydrogen-bond acceptors (Lipinski definition) is 6. The van der Waals surface area contributed by atoms with Crippen molar-refractivity contribution in [3.63, 3.8) is 0 Å². The highest BCUT2D eigenvalue weighted by molar-refractivity contribution is 9.10. The fraction of sp³-hybridized carbons (Fsp3) is 0.154. The van der Waals surface area contributed by atoms with Gasteiger partial charge in [0.2, 0.25) is 0 Å². The molecule has 0 atom stereocenters. The van der Waals surface area contributed by atoms with E-state index >= 15 is 0 Å². The fourth-order valence-electron chi connectivity index (χ4n) is 1.57. The first-order valence-electron chi connectivity index (χ1n) is 5.53. The Labute approximate surface area is 129 Å². The lowest BCUT2D eigenvalue weighted by Gasteiger charge is -2.12. The second-order valence-electron chi connectivity index (χ2n) is 3.97. The Kier molecular flexibility index (Phi) is 5.01. The molecule has 1 aromatic carbocycles. The van der Waals surface area contributed by atoms with Gasteiger partial charge in [-0.1, -0.05) is 15.9 Å². The van der Waals surface area contributed by atoms with Gasteiger partial charge in [0.25, 0.3) is 5.69 Å². The number of hydrogen-bond donors (Lipinski definition) is 1. The number of rotatable bonds is 3. The zero-order valence-corrected chi connectivity index (χ0v) is 12.6. The van der Waals surface area contributed by atoms with Gasteiger partial charge in [-0.25, -0.2) is 0 Å². The molecule has 1 rings (SSSR count). The number of nitriles is 3. The van der Waals surface area contributed by atoms with E-state index in [4.69, 9.17) is 15.8 Å². The Balaban J connectivity index is 3.60. The minimum atomic E-state index is -0.604. The standard InChI is InChI=1S/C13H8BrN5O2/c1-7-8(2)13(12(19(20)21)3-10(7)14)18-11(6-17)9(4-15)5-16/h3,18H,1-2H3. The van der Waals surface area contributed by atoms with Crippen molar-refractivity contribution in [3.8, 4) is 18.2 Å². The van der Waals surface area contributed by atoms with E-state index in [2.05, 4.69) is 21.2 Å². The van der Waals surface area contributed by atoms with E-state index in [9.17, 15) is 10.1 Å². The Morgan fingerprint density at radius 3 is 2.24 bits per heavy atom. The van der Waals surface area contributed by atoms with Crippen LogP contribution in [0, 0.1) is 58.0 Å². The summed E-state index contributed by atoms with van der Waals surface area (Å²) >= 11 is 3.22. The predicted molar refractivity (Wildman–Crippen MR) is 77.8 cm³/mol. The predicted octanol–water partition coefficient (Wildman–Crippen LogP) is 3.21. The minimum Gasteiger partial charge on any atom is -0.339 e. The molecule has 0 aromatic heterocycles. The average Bonchev–Trinajstić information content (AvgIpc) is 2.46. The first-order chi connectivity index (χ1) is 9.87. The van der Waals surface area contributed by atoms with Gasteiger partial charge in [-0.05, 0) is 25.0 Å². The summed E-state index contributed by atoms with van der Waals surface area (Å²) in [5, 5.41) is 40.3. The Hall–Kier alpha value is -2.89. The van der Waals surface area contributed by atoms with Crippen LogP contribution in [0.5, 0.6) is 0 Å². The largest absolute Gasteiger partial charge is 0.339 e. The number of anilines is 1. The second-order valence-corrected chi connectivity index (χ2v) is 4.82. The van der Waals surface area contributed by atoms with Crippen LogP contribution < -0.4 is 5.32 Å². The lowest BCUT2D eigenvalue weighted by molar-refractivity contribution is -0.384. The summed E-state index contributed by atoms with van der Waals surface area (Å²) in [5.41, 5.74) is 0.350. The number of benzene rings is 1. The Morgan fingerprint density at radius 1 is 1.24 bits per heavy atom. The number of nitrogens with zero attached hydrogens (tertiary/aromatic N) is 4. The molecule has 0 heterocycles. The van der Waals surface area contributed by atoms with Crippen LogP contribution in [0.1, 0.15) is 11.1 Å². The smallest absolute Gasteiger partial charge is 0.294 e. The summed E-state index contributed by atoms with van der Waals surface area (Å²) in [6.07, 6.45) is 0. The van der Waals surface area contributed by atoms with E-state index in [1.165, 1.54) is 6.07 Å². The average molecular weight is 346 g/mol. The van der Waals surface area contributed by atoms with E-state index in [1.54, 1.807) is 32.1 Å². The first kappa shape index (κ1) is 16.2. The van der Waals surface area contributed by atoms with Crippen molar-refractivity contribution in [1.29, 1.82) is 15.8 Å². The molecule has 0 aliphatic carbocycles. The number of nitro benzene ring substituents is 1. The summed E-state index contributed by atoms with van der Waals surface area (Å²) in [5.74, 6) is 0. The molecule has 0 saturated heterocycles. The van der Waals surface area contributed by atoms with Crippen LogP contribution in [0.25, 0.3) is 0 Å². The van der Waals surface area contributed by atoms with Crippen LogP contribution in [0.15, 0.2) is 21.8 Å². The fourth-order valence-corrected chi connectivity index (χ4v) is 2.08. The maximum absolute atomic E-state index is 11.1. The molecule has 0 radical (unpaired) electrons. The summed E-state index contributed by atoms with van der Waals surface area (Å²) in [7, 11) is 0. The van der Waals surface area contributed by atoms with Gasteiger partial charge in [-0.2, -0.15) is 15.8 Å². The zero-order valence-electron chi connectivity index (χ0n) is 11.1. The van der Waals surface area contributed by atoms with Crippen LogP contribution in [-0.2, 0) is 0 Å². The number of nitro groups is 1. The molecular formula is C13H8BrN5O2. The van der Waals surface area contributed by atoms with E-state index < -0.39 is 10.5 Å². The van der Waals surface area contributed by atoms with Crippen molar-refractivity contribution in [2.45, 2.75) is 13.8 Å². The third-order valence-electron chi connectivity index (χ3n) is 2.85. The number of allylic oxidation sites excluding steroid dienone is 2. The lowest BCUT2D eigenvalue weighted by atomic mass is 10.1. The molecule has 7 nitrogen and oxygen atoms in total. The minimum absolute atomic E-state index is 0.0836. The molecule has 8 heteroatoms. The SMILES string of the molecule is Cc1c(Br)cc([N+](=O)[O-])c(NC(C#N)=C(C#N)C#N)c1C. The zero-order chi connectivity index (χ0) is 16.2. The second kappa shape index (κ2) is 6.51. The summed E-state index contributed by atoms with van der Waals surface area (Å²) in [6.45, 7) is 3.39. The van der Waals surface area contributed by atoms with Crippen LogP contribution >= 0.6 is 15.9 Å². The summed E-state index contributed by atoms with van der Waals surface area (Å²) in [6, 6.07) is 6.12. The van der Waals surface area contributed by atoms with Crippen LogP contribution in [-0.4, -0.2) is 4.92 Å². The molecule has 0 aliphatic heterocycles. The van der Waals surface area contributed by atoms with Gasteiger partial charge < -0.3 is 5.32 Å². The molecule has 0 amide bonds. The van der Waals surface area contributed by atoms with Crippen molar-refractivity contribution in [2.75, 3.05) is 5.32 Å². The van der Waals surface area contributed by atoms with Gasteiger partial charge in [-0.15, -0.1) is 0 Å². The molecule has 0 unspecified atom stereocenters. The molecule has 21 heavy (non-hydrogen) atoms. The third-order valence-corrected chi connectivity index (χ3v) is 3.67. The number of nitrogens with one attached hydrogen (secondary N) is 1. The van der Waals surface area contributed by atoms with E-state index in [0.29, 0.717) is 10.0 Å². The van der Waals surface area contributed by atoms with Crippen LogP contribution in [0.4, 0.5) is 11.4 Å². The summed E-state index contributed by atoms with van der Waals surface area (Å²) in [4.78, 5) is 10.5. The molecule has 104 valence electrons. The third kappa shape index (κ3) is 3.17. The maximum Gasteiger partial charge on any atom is 0.294 e. The first-order valence-corrected chi connectivity index (χ1v) is 6.32. The van der Waals surface area contributed by atoms with Crippen LogP contribution in [0.2, 0.25) is 0 Å². The lowest BCUT2D eigenvalue weighted by Crippen LogP contribution is -2.06. The Morgan fingerprint density at radius 2 is 1.81 bits per heavy atom. The van der Waals surface area contributed by atoms with Crippen molar-refractivity contribution in [2.24, 2.45) is 0 Å². The topological polar surface area (TPSA) is 127 Å². The van der Waals surface area contributed by atoms with Crippen molar-refractivity contribution >= 4 is 27.3 Å².